The van der Waals surface area contributed by atoms with Gasteiger partial charge in [0.25, 0.3) is 0 Å². The summed E-state index contributed by atoms with van der Waals surface area (Å²) in [7, 11) is 0. The number of hydrogen-bond donors (Lipinski definition) is 2. The van der Waals surface area contributed by atoms with Gasteiger partial charge in [-0.1, -0.05) is 27.7 Å². The predicted molar refractivity (Wildman–Crippen MR) is 86.9 cm³/mol. The van der Waals surface area contributed by atoms with E-state index >= 15 is 0 Å². The molecule has 0 fully saturated rings. The number of carboxylic acid groups (broad SMARTS) is 1. The Morgan fingerprint density at radius 3 is 1.61 bits per heavy atom. The van der Waals surface area contributed by atoms with Gasteiger partial charge in [-0.15, -0.1) is 0 Å². The largest absolute Gasteiger partial charge is 0.545 e. The molecule has 0 aliphatic carbocycles. The minimum Gasteiger partial charge on any atom is -0.545 e. The molecule has 23 heavy (non-hydrogen) atoms. The van der Waals surface area contributed by atoms with Crippen molar-refractivity contribution >= 4 is 29.2 Å². The Hall–Kier alpha value is -2.37. The highest BCUT2D eigenvalue weighted by molar-refractivity contribution is 5.98. The second-order valence-corrected chi connectivity index (χ2v) is 5.68. The van der Waals surface area contributed by atoms with Crippen LogP contribution in [0.3, 0.4) is 0 Å². The second kappa shape index (κ2) is 8.31. The highest BCUT2D eigenvalue weighted by atomic mass is 16.4. The van der Waals surface area contributed by atoms with E-state index in [1.807, 2.05) is 13.8 Å². The molecule has 0 saturated carbocycles. The molecule has 6 heteroatoms. The summed E-state index contributed by atoms with van der Waals surface area (Å²) >= 11 is 0. The minimum absolute atomic E-state index is 0.105. The van der Waals surface area contributed by atoms with Crippen molar-refractivity contribution in [1.29, 1.82) is 0 Å². The Morgan fingerprint density at radius 2 is 1.30 bits per heavy atom. The first kappa shape index (κ1) is 18.7. The molecule has 2 N–H and O–H groups in total. The highest BCUT2D eigenvalue weighted by Gasteiger charge is 2.14. The first-order chi connectivity index (χ1) is 10.8. The van der Waals surface area contributed by atoms with E-state index in [0.29, 0.717) is 24.2 Å². The first-order valence-electron chi connectivity index (χ1n) is 7.76. The molecular weight excluding hydrogens is 296 g/mol. The summed E-state index contributed by atoms with van der Waals surface area (Å²) in [6.45, 7) is 7.34. The molecule has 126 valence electrons. The van der Waals surface area contributed by atoms with Crippen molar-refractivity contribution < 1.29 is 19.5 Å². The molecule has 0 spiro atoms. The molecule has 2 amide bonds. The smallest absolute Gasteiger partial charge is 0.227 e. The maximum atomic E-state index is 12.0. The first-order valence-corrected chi connectivity index (χ1v) is 7.76. The van der Waals surface area contributed by atoms with Gasteiger partial charge in [0.05, 0.1) is 5.97 Å². The van der Waals surface area contributed by atoms with E-state index in [9.17, 15) is 19.5 Å². The summed E-state index contributed by atoms with van der Waals surface area (Å²) in [4.78, 5) is 35.0. The van der Waals surface area contributed by atoms with E-state index < -0.39 is 5.97 Å². The van der Waals surface area contributed by atoms with Crippen LogP contribution in [0.1, 0.15) is 50.9 Å². The Morgan fingerprint density at radius 1 is 0.913 bits per heavy atom. The van der Waals surface area contributed by atoms with Crippen LogP contribution in [0.25, 0.3) is 0 Å². The van der Waals surface area contributed by atoms with E-state index in [2.05, 4.69) is 10.6 Å². The van der Waals surface area contributed by atoms with Crippen molar-refractivity contribution in [2.45, 2.75) is 40.5 Å². The van der Waals surface area contributed by atoms with Gasteiger partial charge in [0.1, 0.15) is 0 Å². The summed E-state index contributed by atoms with van der Waals surface area (Å²) in [5, 5.41) is 16.4. The van der Waals surface area contributed by atoms with Crippen molar-refractivity contribution in [2.24, 2.45) is 11.8 Å². The van der Waals surface area contributed by atoms with E-state index in [-0.39, 0.29) is 29.2 Å². The van der Waals surface area contributed by atoms with Gasteiger partial charge < -0.3 is 20.5 Å². The average molecular weight is 319 g/mol. The van der Waals surface area contributed by atoms with Gasteiger partial charge in [0, 0.05) is 28.8 Å². The fourth-order valence-corrected chi connectivity index (χ4v) is 1.79. The van der Waals surface area contributed by atoms with Crippen LogP contribution >= 0.6 is 0 Å². The second-order valence-electron chi connectivity index (χ2n) is 5.68. The molecule has 2 atom stereocenters. The summed E-state index contributed by atoms with van der Waals surface area (Å²) < 4.78 is 0. The van der Waals surface area contributed by atoms with Gasteiger partial charge in [-0.2, -0.15) is 0 Å². The number of benzene rings is 1. The van der Waals surface area contributed by atoms with Crippen LogP contribution < -0.4 is 15.7 Å². The average Bonchev–Trinajstić information content (AvgIpc) is 2.52. The molecule has 1 aromatic rings. The third-order valence-corrected chi connectivity index (χ3v) is 3.82. The lowest BCUT2D eigenvalue weighted by molar-refractivity contribution is -0.255. The molecule has 0 bridgehead atoms. The molecule has 0 unspecified atom stereocenters. The molecule has 0 saturated heterocycles. The molecule has 6 nitrogen and oxygen atoms in total. The molecule has 1 rings (SSSR count). The fraction of sp³-hybridized carbons (Fsp3) is 0.471. The number of aromatic carboxylic acids is 1. The maximum Gasteiger partial charge on any atom is 0.227 e. The molecule has 0 aliphatic heterocycles. The normalized spacial score (nSPS) is 13.0. The van der Waals surface area contributed by atoms with E-state index in [1.165, 1.54) is 18.2 Å². The lowest BCUT2D eigenvalue weighted by Gasteiger charge is -2.15. The number of carboxylic acids is 1. The zero-order chi connectivity index (χ0) is 17.6. The standard InChI is InChI=1S/C17H24N2O4/c1-5-10(3)15(20)18-13-7-12(17(22)23)8-14(9-13)19-16(21)11(4)6-2/h7-11H,5-6H2,1-4H3,(H,18,20)(H,19,21)(H,22,23)/p-1/t10-,11-/m1/s1. The Kier molecular flexibility index (Phi) is 6.75. The minimum atomic E-state index is -1.37. The van der Waals surface area contributed by atoms with Gasteiger partial charge in [0.2, 0.25) is 11.8 Å². The predicted octanol–water partition coefficient (Wildman–Crippen LogP) is 2.02. The van der Waals surface area contributed by atoms with Crippen molar-refractivity contribution in [3.05, 3.63) is 23.8 Å². The quantitative estimate of drug-likeness (QED) is 0.803. The van der Waals surface area contributed by atoms with Crippen LogP contribution in [0.2, 0.25) is 0 Å². The monoisotopic (exact) mass is 319 g/mol. The summed E-state index contributed by atoms with van der Waals surface area (Å²) in [5.41, 5.74) is 0.527. The van der Waals surface area contributed by atoms with Gasteiger partial charge >= 0.3 is 0 Å². The van der Waals surface area contributed by atoms with Crippen LogP contribution in [0, 0.1) is 11.8 Å². The number of amides is 2. The molecule has 0 aliphatic rings. The molecule has 1 aromatic carbocycles. The molecular formula is C17H23N2O4-. The lowest BCUT2D eigenvalue weighted by Crippen LogP contribution is -2.25. The third kappa shape index (κ3) is 5.39. The summed E-state index contributed by atoms with van der Waals surface area (Å²) in [6.07, 6.45) is 1.34. The van der Waals surface area contributed by atoms with Crippen LogP contribution in [0.5, 0.6) is 0 Å². The van der Waals surface area contributed by atoms with Gasteiger partial charge in [0.15, 0.2) is 0 Å². The SMILES string of the molecule is CC[C@@H](C)C(=O)Nc1cc(NC(=O)[C@H](C)CC)cc(C(=O)[O-])c1. The molecule has 0 heterocycles. The third-order valence-electron chi connectivity index (χ3n) is 3.82. The topological polar surface area (TPSA) is 98.3 Å². The van der Waals surface area contributed by atoms with Crippen LogP contribution in [-0.4, -0.2) is 17.8 Å². The lowest BCUT2D eigenvalue weighted by atomic mass is 10.1. The van der Waals surface area contributed by atoms with Gasteiger partial charge in [-0.3, -0.25) is 9.59 Å². The van der Waals surface area contributed by atoms with Crippen molar-refractivity contribution in [3.8, 4) is 0 Å². The zero-order valence-electron chi connectivity index (χ0n) is 13.9. The summed E-state index contributed by atoms with van der Waals surface area (Å²) in [5.74, 6) is -2.17. The van der Waals surface area contributed by atoms with Gasteiger partial charge in [-0.05, 0) is 31.0 Å². The molecule has 0 radical (unpaired) electrons. The van der Waals surface area contributed by atoms with Crippen molar-refractivity contribution in [2.75, 3.05) is 10.6 Å². The van der Waals surface area contributed by atoms with E-state index in [4.69, 9.17) is 0 Å². The highest BCUT2D eigenvalue weighted by Crippen LogP contribution is 2.21. The Bertz CT molecular complexity index is 556. The number of rotatable bonds is 7. The van der Waals surface area contributed by atoms with Crippen LogP contribution in [-0.2, 0) is 9.59 Å². The van der Waals surface area contributed by atoms with E-state index in [0.717, 1.165) is 0 Å². The van der Waals surface area contributed by atoms with E-state index in [1.54, 1.807) is 13.8 Å². The zero-order valence-corrected chi connectivity index (χ0v) is 13.9. The number of hydrogen-bond acceptors (Lipinski definition) is 4. The number of nitrogens with one attached hydrogen (secondary N) is 2. The molecule has 0 aromatic heterocycles. The number of carbonyl (C=O) groups excluding carboxylic acids is 3. The summed E-state index contributed by atoms with van der Waals surface area (Å²) in [6, 6.07) is 4.16. The van der Waals surface area contributed by atoms with Crippen LogP contribution in [0.15, 0.2) is 18.2 Å². The number of anilines is 2. The maximum absolute atomic E-state index is 12.0. The fourth-order valence-electron chi connectivity index (χ4n) is 1.79. The van der Waals surface area contributed by atoms with Crippen molar-refractivity contribution in [3.63, 3.8) is 0 Å². The van der Waals surface area contributed by atoms with Gasteiger partial charge in [-0.25, -0.2) is 0 Å². The van der Waals surface area contributed by atoms with Crippen molar-refractivity contribution in [1.82, 2.24) is 0 Å². The Labute approximate surface area is 136 Å². The van der Waals surface area contributed by atoms with Crippen LogP contribution in [0.4, 0.5) is 11.4 Å². The Balaban J connectivity index is 3.05. The number of carbonyl (C=O) groups is 3.